The van der Waals surface area contributed by atoms with Gasteiger partial charge in [-0.25, -0.2) is 0 Å². The lowest BCUT2D eigenvalue weighted by Gasteiger charge is -2.32. The van der Waals surface area contributed by atoms with Crippen LogP contribution in [0.1, 0.15) is 27.2 Å². The van der Waals surface area contributed by atoms with Crippen molar-refractivity contribution in [2.24, 2.45) is 5.41 Å². The van der Waals surface area contributed by atoms with Crippen molar-refractivity contribution in [3.8, 4) is 0 Å². The quantitative estimate of drug-likeness (QED) is 0.719. The van der Waals surface area contributed by atoms with E-state index in [1.165, 1.54) is 19.1 Å². The Hall–Kier alpha value is -2.11. The highest BCUT2D eigenvalue weighted by molar-refractivity contribution is 6.24. The minimum atomic E-state index is -0.790. The van der Waals surface area contributed by atoms with Gasteiger partial charge < -0.3 is 14.4 Å². The molecule has 0 saturated carbocycles. The zero-order valence-electron chi connectivity index (χ0n) is 14.2. The Balaban J connectivity index is 3.35. The van der Waals surface area contributed by atoms with Crippen LogP contribution in [0.5, 0.6) is 0 Å². The van der Waals surface area contributed by atoms with Crippen LogP contribution >= 0.6 is 0 Å². The molecule has 22 heavy (non-hydrogen) atoms. The number of rotatable bonds is 5. The van der Waals surface area contributed by atoms with Gasteiger partial charge in [0.2, 0.25) is 29.0 Å². The smallest absolute Gasteiger partial charge is 0.228 e. The molecule has 0 aromatic heterocycles. The van der Waals surface area contributed by atoms with Crippen LogP contribution in [0, 0.1) is 5.41 Å². The third-order valence-corrected chi connectivity index (χ3v) is 3.74. The number of carbonyl (C=O) groups is 3. The van der Waals surface area contributed by atoms with Crippen molar-refractivity contribution < 1.29 is 23.9 Å². The van der Waals surface area contributed by atoms with Gasteiger partial charge in [-0.3, -0.25) is 14.4 Å². The summed E-state index contributed by atoms with van der Waals surface area (Å²) in [6, 6.07) is 0. The summed E-state index contributed by atoms with van der Waals surface area (Å²) in [7, 11) is 5.93. The van der Waals surface area contributed by atoms with Crippen LogP contribution in [-0.2, 0) is 23.9 Å². The second-order valence-corrected chi connectivity index (χ2v) is 6.07. The Kier molecular flexibility index (Phi) is 5.17. The van der Waals surface area contributed by atoms with E-state index in [9.17, 15) is 14.4 Å². The molecule has 122 valence electrons. The maximum atomic E-state index is 12.7. The van der Waals surface area contributed by atoms with Crippen LogP contribution in [0.2, 0.25) is 0 Å². The fourth-order valence-corrected chi connectivity index (χ4v) is 2.58. The van der Waals surface area contributed by atoms with E-state index in [1.54, 1.807) is 34.9 Å². The number of Topliss-reactive ketones (excluding diaryl/α,β-unsaturated/α-hetero) is 2. The first kappa shape index (κ1) is 17.9. The summed E-state index contributed by atoms with van der Waals surface area (Å²) in [5.41, 5.74) is -0.203. The number of allylic oxidation sites excluding steroid dienone is 2. The highest BCUT2D eigenvalue weighted by atomic mass is 16.5. The standard InChI is InChI=1S/C16H23NO5/c1-9-11(16(2,3)8-10(18)17(4)5)13(20)15(22-7)14(21-6)12(9)19/h8H2,1-7H3. The topological polar surface area (TPSA) is 72.9 Å². The van der Waals surface area contributed by atoms with Crippen LogP contribution in [0.15, 0.2) is 22.7 Å². The minimum absolute atomic E-state index is 0.0940. The summed E-state index contributed by atoms with van der Waals surface area (Å²) < 4.78 is 10.1. The zero-order chi connectivity index (χ0) is 17.2. The Morgan fingerprint density at radius 1 is 1.05 bits per heavy atom. The first-order valence-corrected chi connectivity index (χ1v) is 6.91. The van der Waals surface area contributed by atoms with Crippen molar-refractivity contribution in [2.45, 2.75) is 27.2 Å². The molecule has 0 spiro atoms. The molecule has 0 aromatic carbocycles. The molecule has 6 heteroatoms. The van der Waals surface area contributed by atoms with Crippen LogP contribution in [0.3, 0.4) is 0 Å². The maximum Gasteiger partial charge on any atom is 0.228 e. The SMILES string of the molecule is COC1=C(OC)C(=O)C(C(C)(C)CC(=O)N(C)C)=C(C)C1=O. The van der Waals surface area contributed by atoms with Crippen LogP contribution < -0.4 is 0 Å². The number of nitrogens with zero attached hydrogens (tertiary/aromatic N) is 1. The lowest BCUT2D eigenvalue weighted by Crippen LogP contribution is -2.36. The number of amides is 1. The van der Waals surface area contributed by atoms with E-state index in [4.69, 9.17) is 9.47 Å². The van der Waals surface area contributed by atoms with Crippen LogP contribution in [0.4, 0.5) is 0 Å². The Morgan fingerprint density at radius 3 is 1.91 bits per heavy atom. The maximum absolute atomic E-state index is 12.7. The Bertz CT molecular complexity index is 581. The second kappa shape index (κ2) is 6.34. The number of carbonyl (C=O) groups excluding carboxylic acids is 3. The molecule has 1 aliphatic rings. The van der Waals surface area contributed by atoms with E-state index in [0.717, 1.165) is 0 Å². The predicted molar refractivity (Wildman–Crippen MR) is 80.9 cm³/mol. The summed E-state index contributed by atoms with van der Waals surface area (Å²) >= 11 is 0. The Morgan fingerprint density at radius 2 is 1.50 bits per heavy atom. The molecule has 6 nitrogen and oxygen atoms in total. The highest BCUT2D eigenvalue weighted by Crippen LogP contribution is 2.39. The average Bonchev–Trinajstić information content (AvgIpc) is 2.41. The van der Waals surface area contributed by atoms with E-state index in [1.807, 2.05) is 0 Å². The number of hydrogen-bond donors (Lipinski definition) is 0. The summed E-state index contributed by atoms with van der Waals surface area (Å²) in [5, 5.41) is 0. The van der Waals surface area contributed by atoms with Crippen LogP contribution in [-0.4, -0.2) is 50.7 Å². The van der Waals surface area contributed by atoms with Gasteiger partial charge in [0.25, 0.3) is 0 Å². The molecule has 0 aliphatic heterocycles. The number of ether oxygens (including phenoxy) is 2. The van der Waals surface area contributed by atoms with Gasteiger partial charge >= 0.3 is 0 Å². The van der Waals surface area contributed by atoms with Crippen molar-refractivity contribution >= 4 is 17.5 Å². The normalized spacial score (nSPS) is 16.1. The first-order chi connectivity index (χ1) is 10.1. The molecule has 0 heterocycles. The van der Waals surface area contributed by atoms with Gasteiger partial charge in [-0.05, 0) is 6.92 Å². The third kappa shape index (κ3) is 3.05. The van der Waals surface area contributed by atoms with Gasteiger partial charge in [0.05, 0.1) is 14.2 Å². The number of ketones is 2. The first-order valence-electron chi connectivity index (χ1n) is 6.91. The van der Waals surface area contributed by atoms with Gasteiger partial charge in [-0.2, -0.15) is 0 Å². The molecule has 0 radical (unpaired) electrons. The molecule has 1 aliphatic carbocycles. The minimum Gasteiger partial charge on any atom is -0.489 e. The molecular weight excluding hydrogens is 286 g/mol. The van der Waals surface area contributed by atoms with Gasteiger partial charge in [-0.15, -0.1) is 0 Å². The van der Waals surface area contributed by atoms with Crippen molar-refractivity contribution in [3.05, 3.63) is 22.7 Å². The Labute approximate surface area is 130 Å². The zero-order valence-corrected chi connectivity index (χ0v) is 14.2. The molecule has 1 rings (SSSR count). The van der Waals surface area contributed by atoms with E-state index < -0.39 is 11.2 Å². The lowest BCUT2D eigenvalue weighted by atomic mass is 9.73. The van der Waals surface area contributed by atoms with Crippen molar-refractivity contribution in [1.82, 2.24) is 4.90 Å². The molecule has 0 fully saturated rings. The molecule has 0 atom stereocenters. The summed E-state index contributed by atoms with van der Waals surface area (Å²) in [5.74, 6) is -1.12. The van der Waals surface area contributed by atoms with E-state index >= 15 is 0 Å². The molecule has 0 N–H and O–H groups in total. The van der Waals surface area contributed by atoms with Gasteiger partial charge in [0.15, 0.2) is 0 Å². The summed E-state index contributed by atoms with van der Waals surface area (Å²) in [4.78, 5) is 38.5. The summed E-state index contributed by atoms with van der Waals surface area (Å²) in [6.07, 6.45) is 0.116. The summed E-state index contributed by atoms with van der Waals surface area (Å²) in [6.45, 7) is 5.11. The molecule has 0 saturated heterocycles. The predicted octanol–water partition coefficient (Wildman–Crippen LogP) is 1.46. The lowest BCUT2D eigenvalue weighted by molar-refractivity contribution is -0.130. The van der Waals surface area contributed by atoms with E-state index in [0.29, 0.717) is 11.1 Å². The van der Waals surface area contributed by atoms with Crippen LogP contribution in [0.25, 0.3) is 0 Å². The molecule has 0 aromatic rings. The van der Waals surface area contributed by atoms with Crippen molar-refractivity contribution in [1.29, 1.82) is 0 Å². The highest BCUT2D eigenvalue weighted by Gasteiger charge is 2.42. The molecule has 0 unspecified atom stereocenters. The fourth-order valence-electron chi connectivity index (χ4n) is 2.58. The van der Waals surface area contributed by atoms with E-state index in [-0.39, 0.29) is 29.6 Å². The molecular formula is C16H23NO5. The third-order valence-electron chi connectivity index (χ3n) is 3.74. The average molecular weight is 309 g/mol. The van der Waals surface area contributed by atoms with Gasteiger partial charge in [0.1, 0.15) is 0 Å². The van der Waals surface area contributed by atoms with Gasteiger partial charge in [0, 0.05) is 37.1 Å². The monoisotopic (exact) mass is 309 g/mol. The van der Waals surface area contributed by atoms with Crippen molar-refractivity contribution in [2.75, 3.05) is 28.3 Å². The largest absolute Gasteiger partial charge is 0.489 e. The fraction of sp³-hybridized carbons (Fsp3) is 0.562. The number of methoxy groups -OCH3 is 2. The van der Waals surface area contributed by atoms with E-state index in [2.05, 4.69) is 0 Å². The van der Waals surface area contributed by atoms with Crippen molar-refractivity contribution in [3.63, 3.8) is 0 Å². The van der Waals surface area contributed by atoms with Gasteiger partial charge in [-0.1, -0.05) is 13.8 Å². The molecule has 0 bridgehead atoms. The molecule has 1 amide bonds. The second-order valence-electron chi connectivity index (χ2n) is 6.07. The number of hydrogen-bond acceptors (Lipinski definition) is 5.